The molecule has 0 bridgehead atoms. The highest BCUT2D eigenvalue weighted by Gasteiger charge is 2.21. The van der Waals surface area contributed by atoms with Crippen molar-refractivity contribution in [2.45, 2.75) is 6.54 Å². The average Bonchev–Trinajstić information content (AvgIpc) is 3.01. The summed E-state index contributed by atoms with van der Waals surface area (Å²) in [6.45, 7) is 4.51. The first-order chi connectivity index (χ1) is 12.1. The molecule has 2 aromatic heterocycles. The molecule has 8 heteroatoms. The molecule has 0 spiro atoms. The van der Waals surface area contributed by atoms with Crippen molar-refractivity contribution < 1.29 is 0 Å². The first-order valence-corrected chi connectivity index (χ1v) is 9.02. The minimum atomic E-state index is -0.192. The molecule has 4 rings (SSSR count). The predicted molar refractivity (Wildman–Crippen MR) is 101 cm³/mol. The van der Waals surface area contributed by atoms with Gasteiger partial charge in [0.25, 0.3) is 5.56 Å². The number of para-hydroxylation sites is 1. The standard InChI is InChI=1S/C17H19BrN6O/c1-22-11-19-13-4-2-3-12(16(13)22)10-23-5-7-24(8-6-23)14-9-20-21-17(25)15(14)18/h2-4,9,11H,5-8,10H2,1H3,(H,21,25). The van der Waals surface area contributed by atoms with Gasteiger partial charge < -0.3 is 9.47 Å². The Morgan fingerprint density at radius 1 is 1.24 bits per heavy atom. The Balaban J connectivity index is 1.48. The summed E-state index contributed by atoms with van der Waals surface area (Å²) in [4.78, 5) is 20.8. The lowest BCUT2D eigenvalue weighted by molar-refractivity contribution is 0.250. The predicted octanol–water partition coefficient (Wildman–Crippen LogP) is 1.74. The molecule has 0 unspecified atom stereocenters. The lowest BCUT2D eigenvalue weighted by atomic mass is 10.1. The second-order valence-electron chi connectivity index (χ2n) is 6.30. The second kappa shape index (κ2) is 6.61. The van der Waals surface area contributed by atoms with Gasteiger partial charge in [-0.2, -0.15) is 5.10 Å². The summed E-state index contributed by atoms with van der Waals surface area (Å²) in [5.74, 6) is 0. The molecule has 0 radical (unpaired) electrons. The Morgan fingerprint density at radius 2 is 2.04 bits per heavy atom. The zero-order valence-electron chi connectivity index (χ0n) is 13.9. The van der Waals surface area contributed by atoms with E-state index < -0.39 is 0 Å². The summed E-state index contributed by atoms with van der Waals surface area (Å²) in [7, 11) is 2.04. The molecule has 3 aromatic rings. The van der Waals surface area contributed by atoms with E-state index in [2.05, 4.69) is 57.6 Å². The van der Waals surface area contributed by atoms with Gasteiger partial charge in [-0.25, -0.2) is 10.1 Å². The molecule has 0 saturated carbocycles. The lowest BCUT2D eigenvalue weighted by Crippen LogP contribution is -2.46. The fourth-order valence-corrected chi connectivity index (χ4v) is 3.85. The highest BCUT2D eigenvalue weighted by molar-refractivity contribution is 9.10. The number of piperazine rings is 1. The number of nitrogens with one attached hydrogen (secondary N) is 1. The molecule has 0 atom stereocenters. The van der Waals surface area contributed by atoms with Gasteiger partial charge in [-0.15, -0.1) is 0 Å². The SMILES string of the molecule is Cn1cnc2cccc(CN3CCN(c4cn[nH]c(=O)c4Br)CC3)c21. The number of benzene rings is 1. The summed E-state index contributed by atoms with van der Waals surface area (Å²) in [6, 6.07) is 6.29. The Kier molecular flexibility index (Phi) is 4.30. The Hall–Kier alpha value is -2.19. The third kappa shape index (κ3) is 3.07. The number of aromatic nitrogens is 4. The van der Waals surface area contributed by atoms with Gasteiger partial charge >= 0.3 is 0 Å². The second-order valence-corrected chi connectivity index (χ2v) is 7.09. The minimum absolute atomic E-state index is 0.192. The topological polar surface area (TPSA) is 70.1 Å². The van der Waals surface area contributed by atoms with E-state index in [0.29, 0.717) is 4.47 Å². The largest absolute Gasteiger partial charge is 0.367 e. The van der Waals surface area contributed by atoms with E-state index in [4.69, 9.17) is 0 Å². The van der Waals surface area contributed by atoms with Crippen LogP contribution >= 0.6 is 15.9 Å². The van der Waals surface area contributed by atoms with Crippen LogP contribution in [-0.4, -0.2) is 50.8 Å². The van der Waals surface area contributed by atoms with Crippen LogP contribution in [-0.2, 0) is 13.6 Å². The molecule has 1 saturated heterocycles. The Labute approximate surface area is 153 Å². The summed E-state index contributed by atoms with van der Waals surface area (Å²) in [5.41, 5.74) is 4.20. The number of imidazole rings is 1. The number of fused-ring (bicyclic) bond motifs is 1. The van der Waals surface area contributed by atoms with E-state index in [1.807, 2.05) is 19.4 Å². The number of halogens is 1. The maximum atomic E-state index is 11.7. The third-order valence-corrected chi connectivity index (χ3v) is 5.47. The number of rotatable bonds is 3. The van der Waals surface area contributed by atoms with Gasteiger partial charge in [-0.3, -0.25) is 9.69 Å². The molecule has 1 aromatic carbocycles. The van der Waals surface area contributed by atoms with Gasteiger partial charge in [0.1, 0.15) is 4.47 Å². The molecule has 1 aliphatic heterocycles. The van der Waals surface area contributed by atoms with Gasteiger partial charge in [0.2, 0.25) is 0 Å². The van der Waals surface area contributed by atoms with Gasteiger partial charge in [0.05, 0.1) is 29.2 Å². The van der Waals surface area contributed by atoms with Crippen LogP contribution < -0.4 is 10.5 Å². The lowest BCUT2D eigenvalue weighted by Gasteiger charge is -2.36. The first kappa shape index (κ1) is 16.3. The molecule has 25 heavy (non-hydrogen) atoms. The molecule has 0 amide bonds. The van der Waals surface area contributed by atoms with Gasteiger partial charge in [0, 0.05) is 39.8 Å². The first-order valence-electron chi connectivity index (χ1n) is 8.23. The maximum absolute atomic E-state index is 11.7. The molecular weight excluding hydrogens is 384 g/mol. The third-order valence-electron chi connectivity index (χ3n) is 4.71. The van der Waals surface area contributed by atoms with Crippen LogP contribution in [0.3, 0.4) is 0 Å². The molecule has 1 N–H and O–H groups in total. The van der Waals surface area contributed by atoms with Crippen LogP contribution in [0.5, 0.6) is 0 Å². The van der Waals surface area contributed by atoms with Crippen LogP contribution in [0.1, 0.15) is 5.56 Å². The molecule has 130 valence electrons. The fraction of sp³-hybridized carbons (Fsp3) is 0.353. The fourth-order valence-electron chi connectivity index (χ4n) is 3.41. The Morgan fingerprint density at radius 3 is 2.84 bits per heavy atom. The van der Waals surface area contributed by atoms with Gasteiger partial charge in [0.15, 0.2) is 0 Å². The number of nitrogens with zero attached hydrogens (tertiary/aromatic N) is 5. The van der Waals surface area contributed by atoms with Crippen molar-refractivity contribution in [1.29, 1.82) is 0 Å². The summed E-state index contributed by atoms with van der Waals surface area (Å²) in [6.07, 6.45) is 3.57. The summed E-state index contributed by atoms with van der Waals surface area (Å²) < 4.78 is 2.63. The molecule has 1 aliphatic rings. The van der Waals surface area contributed by atoms with Crippen LogP contribution in [0.15, 0.2) is 40.0 Å². The summed E-state index contributed by atoms with van der Waals surface area (Å²) in [5, 5.41) is 6.35. The molecular formula is C17H19BrN6O. The normalized spacial score (nSPS) is 15.8. The van der Waals surface area contributed by atoms with E-state index in [-0.39, 0.29) is 5.56 Å². The highest BCUT2D eigenvalue weighted by atomic mass is 79.9. The smallest absolute Gasteiger partial charge is 0.280 e. The molecule has 0 aliphatic carbocycles. The van der Waals surface area contributed by atoms with Crippen molar-refractivity contribution in [3.63, 3.8) is 0 Å². The summed E-state index contributed by atoms with van der Waals surface area (Å²) >= 11 is 3.37. The quantitative estimate of drug-likeness (QED) is 0.722. The monoisotopic (exact) mass is 402 g/mol. The molecule has 3 heterocycles. The van der Waals surface area contributed by atoms with Crippen molar-refractivity contribution >= 4 is 32.7 Å². The van der Waals surface area contributed by atoms with Gasteiger partial charge in [-0.05, 0) is 27.6 Å². The van der Waals surface area contributed by atoms with Crippen molar-refractivity contribution in [2.24, 2.45) is 7.05 Å². The van der Waals surface area contributed by atoms with E-state index >= 15 is 0 Å². The number of H-pyrrole nitrogens is 1. The van der Waals surface area contributed by atoms with Crippen molar-refractivity contribution in [1.82, 2.24) is 24.6 Å². The van der Waals surface area contributed by atoms with Gasteiger partial charge in [-0.1, -0.05) is 12.1 Å². The van der Waals surface area contributed by atoms with Crippen molar-refractivity contribution in [3.8, 4) is 0 Å². The number of aromatic amines is 1. The van der Waals surface area contributed by atoms with Crippen molar-refractivity contribution in [2.75, 3.05) is 31.1 Å². The van der Waals surface area contributed by atoms with E-state index in [0.717, 1.165) is 43.9 Å². The van der Waals surface area contributed by atoms with Crippen LogP contribution in [0.4, 0.5) is 5.69 Å². The van der Waals surface area contributed by atoms with Crippen LogP contribution in [0.25, 0.3) is 11.0 Å². The van der Waals surface area contributed by atoms with Crippen LogP contribution in [0, 0.1) is 0 Å². The van der Waals surface area contributed by atoms with E-state index in [1.165, 1.54) is 11.1 Å². The number of hydrogen-bond acceptors (Lipinski definition) is 5. The zero-order valence-corrected chi connectivity index (χ0v) is 15.5. The number of anilines is 1. The number of hydrogen-bond donors (Lipinski definition) is 1. The maximum Gasteiger partial charge on any atom is 0.280 e. The molecule has 7 nitrogen and oxygen atoms in total. The highest BCUT2D eigenvalue weighted by Crippen LogP contribution is 2.24. The van der Waals surface area contributed by atoms with Crippen molar-refractivity contribution in [3.05, 3.63) is 51.1 Å². The molecule has 1 fully saturated rings. The van der Waals surface area contributed by atoms with E-state index in [1.54, 1.807) is 6.20 Å². The van der Waals surface area contributed by atoms with Crippen LogP contribution in [0.2, 0.25) is 0 Å². The minimum Gasteiger partial charge on any atom is -0.367 e. The Bertz CT molecular complexity index is 957. The number of aryl methyl sites for hydroxylation is 1. The average molecular weight is 403 g/mol. The zero-order chi connectivity index (χ0) is 17.4. The van der Waals surface area contributed by atoms with E-state index in [9.17, 15) is 4.79 Å².